The van der Waals surface area contributed by atoms with Gasteiger partial charge in [0.15, 0.2) is 10.9 Å². The van der Waals surface area contributed by atoms with Gasteiger partial charge in [0.05, 0.1) is 18.4 Å². The number of aryl methyl sites for hydroxylation is 2. The Kier molecular flexibility index (Phi) is 6.31. The van der Waals surface area contributed by atoms with Crippen LogP contribution >= 0.6 is 12.2 Å². The Morgan fingerprint density at radius 2 is 1.90 bits per heavy atom. The normalized spacial score (nSPS) is 13.8. The van der Waals surface area contributed by atoms with Gasteiger partial charge < -0.3 is 15.5 Å². The van der Waals surface area contributed by atoms with E-state index in [-0.39, 0.29) is 5.91 Å². The Morgan fingerprint density at radius 1 is 1.13 bits per heavy atom. The molecule has 1 aliphatic heterocycles. The minimum Gasteiger partial charge on any atom is -0.337 e. The fourth-order valence-electron chi connectivity index (χ4n) is 3.78. The lowest BCUT2D eigenvalue weighted by Gasteiger charge is -2.27. The molecule has 1 fully saturated rings. The maximum absolute atomic E-state index is 13.0. The molecule has 0 aliphatic carbocycles. The van der Waals surface area contributed by atoms with Gasteiger partial charge in [0.1, 0.15) is 5.69 Å². The van der Waals surface area contributed by atoms with Crippen LogP contribution in [0.3, 0.4) is 0 Å². The highest BCUT2D eigenvalue weighted by Crippen LogP contribution is 2.20. The van der Waals surface area contributed by atoms with Gasteiger partial charge in [-0.3, -0.25) is 14.2 Å². The minimum absolute atomic E-state index is 0.0208. The Bertz CT molecular complexity index is 1080. The van der Waals surface area contributed by atoms with E-state index in [1.165, 1.54) is 17.5 Å². The van der Waals surface area contributed by atoms with Crippen molar-refractivity contribution < 1.29 is 4.79 Å². The van der Waals surface area contributed by atoms with E-state index in [4.69, 9.17) is 12.2 Å². The number of aromatic nitrogens is 4. The lowest BCUT2D eigenvalue weighted by molar-refractivity contribution is 0.0714. The number of thiocarbonyl (C=S) groups is 1. The Labute approximate surface area is 187 Å². The second-order valence-electron chi connectivity index (χ2n) is 7.79. The molecule has 8 nitrogen and oxygen atoms in total. The van der Waals surface area contributed by atoms with Crippen LogP contribution in [0.5, 0.6) is 0 Å². The summed E-state index contributed by atoms with van der Waals surface area (Å²) in [4.78, 5) is 14.9. The molecule has 31 heavy (non-hydrogen) atoms. The van der Waals surface area contributed by atoms with E-state index in [1.807, 2.05) is 34.0 Å². The molecule has 2 aromatic heterocycles. The van der Waals surface area contributed by atoms with Crippen molar-refractivity contribution in [3.05, 3.63) is 59.5 Å². The summed E-state index contributed by atoms with van der Waals surface area (Å²) in [5, 5.41) is 15.4. The third kappa shape index (κ3) is 4.93. The summed E-state index contributed by atoms with van der Waals surface area (Å²) in [6.07, 6.45) is 6.79. The third-order valence-corrected chi connectivity index (χ3v) is 5.71. The molecule has 1 amide bonds. The molecule has 0 radical (unpaired) electrons. The Morgan fingerprint density at radius 3 is 2.68 bits per heavy atom. The predicted octanol–water partition coefficient (Wildman–Crippen LogP) is 3.41. The molecule has 162 valence electrons. The molecule has 1 aromatic carbocycles. The van der Waals surface area contributed by atoms with Gasteiger partial charge in [-0.1, -0.05) is 24.3 Å². The molecule has 3 aromatic rings. The molecule has 1 saturated heterocycles. The van der Waals surface area contributed by atoms with Gasteiger partial charge in [-0.25, -0.2) is 0 Å². The third-order valence-electron chi connectivity index (χ3n) is 5.51. The topological polar surface area (TPSA) is 80.0 Å². The van der Waals surface area contributed by atoms with E-state index < -0.39 is 0 Å². The second-order valence-corrected chi connectivity index (χ2v) is 8.20. The summed E-state index contributed by atoms with van der Waals surface area (Å²) in [5.41, 5.74) is 3.55. The molecular formula is C22H27N7OS. The molecule has 2 N–H and O–H groups in total. The average molecular weight is 438 g/mol. The lowest BCUT2D eigenvalue weighted by atomic mass is 10.1. The van der Waals surface area contributed by atoms with Crippen molar-refractivity contribution >= 4 is 34.7 Å². The van der Waals surface area contributed by atoms with Crippen molar-refractivity contribution in [3.63, 3.8) is 0 Å². The van der Waals surface area contributed by atoms with E-state index in [0.29, 0.717) is 28.9 Å². The van der Waals surface area contributed by atoms with E-state index in [2.05, 4.69) is 39.9 Å². The number of likely N-dealkylation sites (tertiary alicyclic amines) is 1. The molecule has 0 unspecified atom stereocenters. The monoisotopic (exact) mass is 437 g/mol. The highest BCUT2D eigenvalue weighted by Gasteiger charge is 2.24. The zero-order valence-corrected chi connectivity index (χ0v) is 18.7. The van der Waals surface area contributed by atoms with Crippen molar-refractivity contribution in [3.8, 4) is 0 Å². The quantitative estimate of drug-likeness (QED) is 0.596. The van der Waals surface area contributed by atoms with Crippen LogP contribution in [0, 0.1) is 6.92 Å². The lowest BCUT2D eigenvalue weighted by Crippen LogP contribution is -2.37. The number of anilines is 2. The van der Waals surface area contributed by atoms with Crippen LogP contribution in [0.2, 0.25) is 0 Å². The summed E-state index contributed by atoms with van der Waals surface area (Å²) in [7, 11) is 1.77. The smallest absolute Gasteiger partial charge is 0.274 e. The number of rotatable bonds is 5. The minimum atomic E-state index is -0.0208. The van der Waals surface area contributed by atoms with Crippen LogP contribution in [0.15, 0.2) is 42.7 Å². The number of piperidine rings is 1. The maximum atomic E-state index is 13.0. The first-order chi connectivity index (χ1) is 15.0. The van der Waals surface area contributed by atoms with Crippen molar-refractivity contribution in [2.45, 2.75) is 32.7 Å². The number of nitrogens with one attached hydrogen (secondary N) is 2. The van der Waals surface area contributed by atoms with Gasteiger partial charge in [0, 0.05) is 32.4 Å². The highest BCUT2D eigenvalue weighted by atomic mass is 32.1. The summed E-state index contributed by atoms with van der Waals surface area (Å²) in [5.74, 6) is 0.617. The van der Waals surface area contributed by atoms with Gasteiger partial charge in [-0.15, -0.1) is 0 Å². The molecular weight excluding hydrogens is 410 g/mol. The molecule has 0 spiro atoms. The fourth-order valence-corrected chi connectivity index (χ4v) is 3.99. The molecule has 0 saturated carbocycles. The average Bonchev–Trinajstić information content (AvgIpc) is 3.36. The van der Waals surface area contributed by atoms with Gasteiger partial charge in [-0.05, 0) is 49.5 Å². The number of amides is 1. The van der Waals surface area contributed by atoms with Crippen LogP contribution in [-0.2, 0) is 13.6 Å². The predicted molar refractivity (Wildman–Crippen MR) is 125 cm³/mol. The highest BCUT2D eigenvalue weighted by molar-refractivity contribution is 7.80. The van der Waals surface area contributed by atoms with E-state index in [1.54, 1.807) is 17.9 Å². The van der Waals surface area contributed by atoms with Crippen molar-refractivity contribution in [1.29, 1.82) is 0 Å². The number of hydrogen-bond acceptors (Lipinski definition) is 4. The molecule has 9 heteroatoms. The standard InChI is InChI=1S/C22H27N7OS/c1-16-8-4-5-9-17(16)15-29-13-10-19(26-29)25-22(31)24-18-14-23-27(2)20(18)21(30)28-11-6-3-7-12-28/h4-5,8-10,13-14H,3,6-7,11-12,15H2,1-2H3,(H2,24,25,26,31). The number of benzene rings is 1. The number of carbonyl (C=O) groups excluding carboxylic acids is 1. The Balaban J connectivity index is 1.40. The first-order valence-electron chi connectivity index (χ1n) is 10.5. The molecule has 3 heterocycles. The largest absolute Gasteiger partial charge is 0.337 e. The van der Waals surface area contributed by atoms with Gasteiger partial charge in [0.25, 0.3) is 5.91 Å². The summed E-state index contributed by atoms with van der Waals surface area (Å²) < 4.78 is 3.46. The SMILES string of the molecule is Cc1ccccc1Cn1ccc(NC(=S)Nc2cnn(C)c2C(=O)N2CCCCC2)n1. The number of nitrogens with zero attached hydrogens (tertiary/aromatic N) is 5. The van der Waals surface area contributed by atoms with Crippen molar-refractivity contribution in [1.82, 2.24) is 24.5 Å². The van der Waals surface area contributed by atoms with E-state index in [9.17, 15) is 4.79 Å². The zero-order valence-electron chi connectivity index (χ0n) is 17.8. The Hall–Kier alpha value is -3.20. The van der Waals surface area contributed by atoms with Crippen molar-refractivity contribution in [2.24, 2.45) is 7.05 Å². The van der Waals surface area contributed by atoms with Crippen LogP contribution in [-0.4, -0.2) is 48.6 Å². The summed E-state index contributed by atoms with van der Waals surface area (Å²) in [6.45, 7) is 4.34. The fraction of sp³-hybridized carbons (Fsp3) is 0.364. The van der Waals surface area contributed by atoms with Crippen LogP contribution in [0.25, 0.3) is 0 Å². The van der Waals surface area contributed by atoms with E-state index >= 15 is 0 Å². The summed E-state index contributed by atoms with van der Waals surface area (Å²) >= 11 is 5.46. The van der Waals surface area contributed by atoms with Crippen LogP contribution < -0.4 is 10.6 Å². The van der Waals surface area contributed by atoms with Gasteiger partial charge in [0.2, 0.25) is 0 Å². The molecule has 0 atom stereocenters. The number of carbonyl (C=O) groups is 1. The zero-order chi connectivity index (χ0) is 21.8. The molecule has 4 rings (SSSR count). The van der Waals surface area contributed by atoms with Gasteiger partial charge >= 0.3 is 0 Å². The van der Waals surface area contributed by atoms with Gasteiger partial charge in [-0.2, -0.15) is 10.2 Å². The van der Waals surface area contributed by atoms with Crippen molar-refractivity contribution in [2.75, 3.05) is 23.7 Å². The molecule has 0 bridgehead atoms. The maximum Gasteiger partial charge on any atom is 0.274 e. The van der Waals surface area contributed by atoms with E-state index in [0.717, 1.165) is 25.9 Å². The first kappa shape index (κ1) is 21.0. The summed E-state index contributed by atoms with van der Waals surface area (Å²) in [6, 6.07) is 10.1. The molecule has 1 aliphatic rings. The number of hydrogen-bond donors (Lipinski definition) is 2. The first-order valence-corrected chi connectivity index (χ1v) is 10.9. The van der Waals surface area contributed by atoms with Crippen LogP contribution in [0.1, 0.15) is 40.9 Å². The van der Waals surface area contributed by atoms with Crippen LogP contribution in [0.4, 0.5) is 11.5 Å². The second kappa shape index (κ2) is 9.30.